The van der Waals surface area contributed by atoms with Crippen molar-refractivity contribution in [2.45, 2.75) is 6.42 Å². The van der Waals surface area contributed by atoms with Crippen LogP contribution in [0.5, 0.6) is 0 Å². The van der Waals surface area contributed by atoms with Gasteiger partial charge in [0.05, 0.1) is 13.0 Å². The minimum absolute atomic E-state index is 0. The van der Waals surface area contributed by atoms with Gasteiger partial charge in [-0.25, -0.2) is 4.98 Å². The van der Waals surface area contributed by atoms with E-state index in [0.717, 1.165) is 18.8 Å². The van der Waals surface area contributed by atoms with Crippen LogP contribution in [0.15, 0.2) is 18.2 Å². The van der Waals surface area contributed by atoms with Gasteiger partial charge in [-0.2, -0.15) is 0 Å². The normalized spacial score (nSPS) is 18.6. The highest BCUT2D eigenvalue weighted by Gasteiger charge is 2.29. The number of carbonyl (C=O) groups is 1. The van der Waals surface area contributed by atoms with E-state index < -0.39 is 0 Å². The maximum Gasteiger partial charge on any atom is 0.310 e. The SMILES string of the molecule is COC(=O)[C@H]1CCN(c2cccc(N)n2)C1.Cl. The van der Waals surface area contributed by atoms with Gasteiger partial charge < -0.3 is 15.4 Å². The number of rotatable bonds is 2. The molecule has 0 saturated carbocycles. The lowest BCUT2D eigenvalue weighted by Gasteiger charge is -2.17. The smallest absolute Gasteiger partial charge is 0.310 e. The van der Waals surface area contributed by atoms with E-state index in [0.29, 0.717) is 12.4 Å². The third kappa shape index (κ3) is 3.00. The number of ether oxygens (including phenoxy) is 1. The fraction of sp³-hybridized carbons (Fsp3) is 0.455. The van der Waals surface area contributed by atoms with Crippen LogP contribution in [0.3, 0.4) is 0 Å². The van der Waals surface area contributed by atoms with Crippen LogP contribution in [-0.4, -0.2) is 31.2 Å². The highest BCUT2D eigenvalue weighted by molar-refractivity contribution is 5.85. The maximum absolute atomic E-state index is 11.4. The van der Waals surface area contributed by atoms with Crippen LogP contribution in [0, 0.1) is 5.92 Å². The number of carbonyl (C=O) groups excluding carboxylic acids is 1. The lowest BCUT2D eigenvalue weighted by molar-refractivity contribution is -0.144. The van der Waals surface area contributed by atoms with Gasteiger partial charge in [0.2, 0.25) is 0 Å². The molecule has 94 valence electrons. The Hall–Kier alpha value is -1.49. The number of nitrogens with zero attached hydrogens (tertiary/aromatic N) is 2. The van der Waals surface area contributed by atoms with E-state index in [2.05, 4.69) is 9.88 Å². The molecular formula is C11H16ClN3O2. The molecule has 0 unspecified atom stereocenters. The second kappa shape index (κ2) is 5.72. The standard InChI is InChI=1S/C11H15N3O2.ClH/c1-16-11(15)8-5-6-14(7-8)10-4-2-3-9(12)13-10;/h2-4,8H,5-7H2,1H3,(H2,12,13);1H/t8-;/m0./s1. The van der Waals surface area contributed by atoms with Crippen molar-refractivity contribution in [2.24, 2.45) is 5.92 Å². The quantitative estimate of drug-likeness (QED) is 0.803. The van der Waals surface area contributed by atoms with Crippen LogP contribution < -0.4 is 10.6 Å². The van der Waals surface area contributed by atoms with Gasteiger partial charge in [-0.15, -0.1) is 12.4 Å². The summed E-state index contributed by atoms with van der Waals surface area (Å²) >= 11 is 0. The van der Waals surface area contributed by atoms with Gasteiger partial charge in [0.25, 0.3) is 0 Å². The summed E-state index contributed by atoms with van der Waals surface area (Å²) in [4.78, 5) is 17.6. The van der Waals surface area contributed by atoms with Crippen LogP contribution in [0.25, 0.3) is 0 Å². The Morgan fingerprint density at radius 1 is 1.59 bits per heavy atom. The van der Waals surface area contributed by atoms with E-state index in [1.165, 1.54) is 7.11 Å². The molecule has 1 saturated heterocycles. The van der Waals surface area contributed by atoms with Gasteiger partial charge in [-0.1, -0.05) is 6.07 Å². The van der Waals surface area contributed by atoms with Crippen molar-refractivity contribution in [3.8, 4) is 0 Å². The lowest BCUT2D eigenvalue weighted by atomic mass is 10.1. The molecule has 0 radical (unpaired) electrons. The van der Waals surface area contributed by atoms with Crippen molar-refractivity contribution >= 4 is 30.0 Å². The molecule has 2 rings (SSSR count). The summed E-state index contributed by atoms with van der Waals surface area (Å²) in [7, 11) is 1.42. The summed E-state index contributed by atoms with van der Waals surface area (Å²) in [6, 6.07) is 5.51. The molecule has 1 aromatic heterocycles. The summed E-state index contributed by atoms with van der Waals surface area (Å²) in [6.45, 7) is 1.47. The second-order valence-electron chi connectivity index (χ2n) is 3.88. The molecule has 2 N–H and O–H groups in total. The monoisotopic (exact) mass is 257 g/mol. The Morgan fingerprint density at radius 2 is 2.35 bits per heavy atom. The third-order valence-electron chi connectivity index (χ3n) is 2.80. The molecule has 0 spiro atoms. The van der Waals surface area contributed by atoms with Crippen LogP contribution in [0.2, 0.25) is 0 Å². The molecule has 1 aliphatic rings. The molecule has 1 atom stereocenters. The van der Waals surface area contributed by atoms with Gasteiger partial charge in [0, 0.05) is 13.1 Å². The minimum atomic E-state index is -0.147. The first kappa shape index (κ1) is 13.6. The number of halogens is 1. The molecule has 0 aliphatic carbocycles. The minimum Gasteiger partial charge on any atom is -0.469 e. The molecule has 17 heavy (non-hydrogen) atoms. The molecule has 1 fully saturated rings. The van der Waals surface area contributed by atoms with E-state index in [1.54, 1.807) is 6.07 Å². The molecule has 6 heteroatoms. The predicted molar refractivity (Wildman–Crippen MR) is 68.2 cm³/mol. The molecule has 0 aromatic carbocycles. The van der Waals surface area contributed by atoms with Gasteiger partial charge in [0.15, 0.2) is 0 Å². The Kier molecular flexibility index (Phi) is 4.57. The van der Waals surface area contributed by atoms with E-state index >= 15 is 0 Å². The maximum atomic E-state index is 11.4. The summed E-state index contributed by atoms with van der Waals surface area (Å²) in [5.41, 5.74) is 5.62. The van der Waals surface area contributed by atoms with Gasteiger partial charge in [-0.3, -0.25) is 4.79 Å². The Labute approximate surface area is 106 Å². The zero-order valence-corrected chi connectivity index (χ0v) is 10.4. The van der Waals surface area contributed by atoms with E-state index in [4.69, 9.17) is 10.5 Å². The fourth-order valence-corrected chi connectivity index (χ4v) is 1.94. The van der Waals surface area contributed by atoms with Gasteiger partial charge >= 0.3 is 5.97 Å². The lowest BCUT2D eigenvalue weighted by Crippen LogP contribution is -2.24. The average molecular weight is 258 g/mol. The molecule has 1 aliphatic heterocycles. The zero-order valence-electron chi connectivity index (χ0n) is 9.63. The Morgan fingerprint density at radius 3 is 3.00 bits per heavy atom. The topological polar surface area (TPSA) is 68.5 Å². The number of anilines is 2. The number of hydrogen-bond acceptors (Lipinski definition) is 5. The van der Waals surface area contributed by atoms with Crippen LogP contribution >= 0.6 is 12.4 Å². The van der Waals surface area contributed by atoms with Crippen molar-refractivity contribution in [3.05, 3.63) is 18.2 Å². The summed E-state index contributed by atoms with van der Waals surface area (Å²) < 4.78 is 4.73. The highest BCUT2D eigenvalue weighted by Crippen LogP contribution is 2.23. The molecule has 1 aromatic rings. The van der Waals surface area contributed by atoms with E-state index in [1.807, 2.05) is 12.1 Å². The van der Waals surface area contributed by atoms with Crippen molar-refractivity contribution in [1.29, 1.82) is 0 Å². The highest BCUT2D eigenvalue weighted by atomic mass is 35.5. The molecule has 0 bridgehead atoms. The molecular weight excluding hydrogens is 242 g/mol. The van der Waals surface area contributed by atoms with Gasteiger partial charge in [-0.05, 0) is 18.6 Å². The Balaban J connectivity index is 0.00000144. The fourth-order valence-electron chi connectivity index (χ4n) is 1.94. The summed E-state index contributed by atoms with van der Waals surface area (Å²) in [5.74, 6) is 1.13. The largest absolute Gasteiger partial charge is 0.469 e. The summed E-state index contributed by atoms with van der Waals surface area (Å²) in [5, 5.41) is 0. The molecule has 0 amide bonds. The third-order valence-corrected chi connectivity index (χ3v) is 2.80. The second-order valence-corrected chi connectivity index (χ2v) is 3.88. The van der Waals surface area contributed by atoms with E-state index in [9.17, 15) is 4.79 Å². The van der Waals surface area contributed by atoms with E-state index in [-0.39, 0.29) is 24.3 Å². The predicted octanol–water partition coefficient (Wildman–Crippen LogP) is 1.08. The molecule has 5 nitrogen and oxygen atoms in total. The number of pyridine rings is 1. The number of hydrogen-bond donors (Lipinski definition) is 1. The average Bonchev–Trinajstić information content (AvgIpc) is 2.77. The van der Waals surface area contributed by atoms with Crippen LogP contribution in [0.1, 0.15) is 6.42 Å². The first-order valence-corrected chi connectivity index (χ1v) is 5.26. The summed E-state index contributed by atoms with van der Waals surface area (Å²) in [6.07, 6.45) is 0.809. The number of nitrogen functional groups attached to an aromatic ring is 1. The van der Waals surface area contributed by atoms with Crippen molar-refractivity contribution in [1.82, 2.24) is 4.98 Å². The van der Waals surface area contributed by atoms with Crippen molar-refractivity contribution in [3.63, 3.8) is 0 Å². The van der Waals surface area contributed by atoms with Crippen LogP contribution in [0.4, 0.5) is 11.6 Å². The van der Waals surface area contributed by atoms with Crippen molar-refractivity contribution < 1.29 is 9.53 Å². The zero-order chi connectivity index (χ0) is 11.5. The molecule has 2 heterocycles. The number of nitrogens with two attached hydrogens (primary N) is 1. The first-order chi connectivity index (χ1) is 7.70. The first-order valence-electron chi connectivity index (χ1n) is 5.26. The van der Waals surface area contributed by atoms with Gasteiger partial charge in [0.1, 0.15) is 11.6 Å². The van der Waals surface area contributed by atoms with Crippen LogP contribution in [-0.2, 0) is 9.53 Å². The number of esters is 1. The Bertz CT molecular complexity index is 400. The van der Waals surface area contributed by atoms with Crippen molar-refractivity contribution in [2.75, 3.05) is 30.8 Å². The number of methoxy groups -OCH3 is 1. The number of aromatic nitrogens is 1.